The Kier molecular flexibility index (Phi) is 4.71. The summed E-state index contributed by atoms with van der Waals surface area (Å²) >= 11 is 0. The lowest BCUT2D eigenvalue weighted by Gasteiger charge is -2.10. The number of ether oxygens (including phenoxy) is 1. The van der Waals surface area contributed by atoms with Crippen LogP contribution in [-0.2, 0) is 11.3 Å². The molecule has 3 aromatic rings. The lowest BCUT2D eigenvalue weighted by Crippen LogP contribution is -2.09. The summed E-state index contributed by atoms with van der Waals surface area (Å²) < 4.78 is 20.4. The zero-order chi connectivity index (χ0) is 17.1. The predicted octanol–water partition coefficient (Wildman–Crippen LogP) is 4.00. The van der Waals surface area contributed by atoms with E-state index in [1.807, 2.05) is 30.5 Å². The van der Waals surface area contributed by atoms with Crippen LogP contribution in [-0.4, -0.2) is 29.1 Å². The molecular formula is C19H19FN2O2. The average molecular weight is 326 g/mol. The second-order valence-corrected chi connectivity index (χ2v) is 5.60. The number of aldehydes is 1. The third-order valence-electron chi connectivity index (χ3n) is 4.05. The molecule has 0 aliphatic rings. The van der Waals surface area contributed by atoms with Gasteiger partial charge in [0.05, 0.1) is 17.6 Å². The van der Waals surface area contributed by atoms with E-state index in [1.165, 1.54) is 12.1 Å². The van der Waals surface area contributed by atoms with Crippen LogP contribution in [0.4, 0.5) is 4.39 Å². The van der Waals surface area contributed by atoms with Crippen LogP contribution in [0.5, 0.6) is 0 Å². The minimum absolute atomic E-state index is 0.262. The summed E-state index contributed by atoms with van der Waals surface area (Å²) in [7, 11) is 0. The number of rotatable bonds is 6. The molecule has 0 unspecified atom stereocenters. The number of halogens is 1. The highest BCUT2D eigenvalue weighted by Crippen LogP contribution is 2.29. The van der Waals surface area contributed by atoms with Gasteiger partial charge in [-0.05, 0) is 54.8 Å². The minimum atomic E-state index is -0.262. The molecule has 124 valence electrons. The Bertz CT molecular complexity index is 869. The molecule has 0 aliphatic carbocycles. The van der Waals surface area contributed by atoms with Crippen LogP contribution < -0.4 is 0 Å². The smallest absolute Gasteiger partial charge is 0.185 e. The summed E-state index contributed by atoms with van der Waals surface area (Å²) in [5.41, 5.74) is 4.61. The molecule has 1 aromatic heterocycles. The molecule has 0 atom stereocenters. The Morgan fingerprint density at radius 3 is 2.67 bits per heavy atom. The highest BCUT2D eigenvalue weighted by atomic mass is 19.1. The quantitative estimate of drug-likeness (QED) is 0.508. The molecule has 3 rings (SSSR count). The maximum absolute atomic E-state index is 13.2. The number of carbonyl (C=O) groups excluding carboxylic acids is 1. The van der Waals surface area contributed by atoms with E-state index in [4.69, 9.17) is 4.74 Å². The fraction of sp³-hybridized carbons (Fsp3) is 0.263. The van der Waals surface area contributed by atoms with Gasteiger partial charge in [-0.3, -0.25) is 4.79 Å². The lowest BCUT2D eigenvalue weighted by molar-refractivity contribution is 0.110. The second kappa shape index (κ2) is 6.93. The van der Waals surface area contributed by atoms with Crippen molar-refractivity contribution >= 4 is 17.3 Å². The SMILES string of the molecule is CCOCCn1c(C=O)nc2cc(C)c(-c3ccc(F)cc3)cc21. The Labute approximate surface area is 139 Å². The van der Waals surface area contributed by atoms with Gasteiger partial charge in [-0.25, -0.2) is 9.37 Å². The van der Waals surface area contributed by atoms with E-state index in [0.29, 0.717) is 25.6 Å². The molecule has 0 amide bonds. The molecule has 24 heavy (non-hydrogen) atoms. The van der Waals surface area contributed by atoms with Crippen LogP contribution in [0.25, 0.3) is 22.2 Å². The number of hydrogen-bond acceptors (Lipinski definition) is 3. The standard InChI is InChI=1S/C19H19FN2O2/c1-3-24-9-8-22-18-11-16(14-4-6-15(20)7-5-14)13(2)10-17(18)21-19(22)12-23/h4-7,10-12H,3,8-9H2,1-2H3. The third-order valence-corrected chi connectivity index (χ3v) is 4.05. The highest BCUT2D eigenvalue weighted by molar-refractivity contribution is 5.88. The topological polar surface area (TPSA) is 44.1 Å². The molecule has 0 bridgehead atoms. The van der Waals surface area contributed by atoms with Gasteiger partial charge in [0.25, 0.3) is 0 Å². The van der Waals surface area contributed by atoms with Crippen LogP contribution in [0.2, 0.25) is 0 Å². The summed E-state index contributed by atoms with van der Waals surface area (Å²) in [5.74, 6) is 0.128. The van der Waals surface area contributed by atoms with E-state index in [2.05, 4.69) is 4.98 Å². The number of fused-ring (bicyclic) bond motifs is 1. The molecule has 0 radical (unpaired) electrons. The van der Waals surface area contributed by atoms with Crippen molar-refractivity contribution in [2.75, 3.05) is 13.2 Å². The molecule has 5 heteroatoms. The molecule has 1 heterocycles. The first-order valence-corrected chi connectivity index (χ1v) is 7.93. The number of hydrogen-bond donors (Lipinski definition) is 0. The first-order valence-electron chi connectivity index (χ1n) is 7.93. The van der Waals surface area contributed by atoms with Crippen LogP contribution >= 0.6 is 0 Å². The summed E-state index contributed by atoms with van der Waals surface area (Å²) in [6.45, 7) is 5.62. The molecule has 0 aliphatic heterocycles. The maximum atomic E-state index is 13.2. The number of benzene rings is 2. The first kappa shape index (κ1) is 16.3. The van der Waals surface area contributed by atoms with E-state index in [0.717, 1.165) is 34.0 Å². The first-order chi connectivity index (χ1) is 11.6. The molecule has 4 nitrogen and oxygen atoms in total. The monoisotopic (exact) mass is 326 g/mol. The van der Waals surface area contributed by atoms with E-state index in [-0.39, 0.29) is 5.82 Å². The molecular weight excluding hydrogens is 307 g/mol. The number of aromatic nitrogens is 2. The van der Waals surface area contributed by atoms with Gasteiger partial charge in [0.2, 0.25) is 0 Å². The van der Waals surface area contributed by atoms with Crippen molar-refractivity contribution in [3.63, 3.8) is 0 Å². The molecule has 2 aromatic carbocycles. The molecule has 0 saturated carbocycles. The van der Waals surface area contributed by atoms with Gasteiger partial charge >= 0.3 is 0 Å². The van der Waals surface area contributed by atoms with Gasteiger partial charge in [-0.2, -0.15) is 0 Å². The third kappa shape index (κ3) is 3.08. The predicted molar refractivity (Wildman–Crippen MR) is 91.7 cm³/mol. The maximum Gasteiger partial charge on any atom is 0.185 e. The Morgan fingerprint density at radius 1 is 1.25 bits per heavy atom. The lowest BCUT2D eigenvalue weighted by atomic mass is 10.00. The Hall–Kier alpha value is -2.53. The van der Waals surface area contributed by atoms with Gasteiger partial charge in [0.15, 0.2) is 12.1 Å². The number of aryl methyl sites for hydroxylation is 1. The van der Waals surface area contributed by atoms with Crippen molar-refractivity contribution in [1.29, 1.82) is 0 Å². The van der Waals surface area contributed by atoms with Crippen LogP contribution in [0, 0.1) is 12.7 Å². The van der Waals surface area contributed by atoms with Crippen LogP contribution in [0.1, 0.15) is 23.1 Å². The molecule has 0 spiro atoms. The normalized spacial score (nSPS) is 11.1. The second-order valence-electron chi connectivity index (χ2n) is 5.60. The fourth-order valence-corrected chi connectivity index (χ4v) is 2.86. The summed E-state index contributed by atoms with van der Waals surface area (Å²) in [6.07, 6.45) is 0.763. The molecule has 0 fully saturated rings. The highest BCUT2D eigenvalue weighted by Gasteiger charge is 2.13. The fourth-order valence-electron chi connectivity index (χ4n) is 2.86. The number of carbonyl (C=O) groups is 1. The van der Waals surface area contributed by atoms with Crippen molar-refractivity contribution in [2.45, 2.75) is 20.4 Å². The van der Waals surface area contributed by atoms with Gasteiger partial charge in [-0.1, -0.05) is 12.1 Å². The van der Waals surface area contributed by atoms with Crippen molar-refractivity contribution in [3.8, 4) is 11.1 Å². The van der Waals surface area contributed by atoms with E-state index < -0.39 is 0 Å². The average Bonchev–Trinajstić information content (AvgIpc) is 2.92. The van der Waals surface area contributed by atoms with Gasteiger partial charge in [0.1, 0.15) is 5.82 Å². The van der Waals surface area contributed by atoms with Crippen molar-refractivity contribution in [2.24, 2.45) is 0 Å². The summed E-state index contributed by atoms with van der Waals surface area (Å²) in [6, 6.07) is 10.4. The molecule has 0 saturated heterocycles. The van der Waals surface area contributed by atoms with E-state index in [9.17, 15) is 9.18 Å². The number of nitrogens with zero attached hydrogens (tertiary/aromatic N) is 2. The molecule has 0 N–H and O–H groups in total. The zero-order valence-electron chi connectivity index (χ0n) is 13.8. The van der Waals surface area contributed by atoms with Crippen molar-refractivity contribution in [1.82, 2.24) is 9.55 Å². The minimum Gasteiger partial charge on any atom is -0.380 e. The Morgan fingerprint density at radius 2 is 2.00 bits per heavy atom. The number of imidazole rings is 1. The summed E-state index contributed by atoms with van der Waals surface area (Å²) in [4.78, 5) is 15.7. The van der Waals surface area contributed by atoms with Crippen molar-refractivity contribution < 1.29 is 13.9 Å². The van der Waals surface area contributed by atoms with E-state index >= 15 is 0 Å². The van der Waals surface area contributed by atoms with Gasteiger partial charge < -0.3 is 9.30 Å². The van der Waals surface area contributed by atoms with Crippen LogP contribution in [0.3, 0.4) is 0 Å². The Balaban J connectivity index is 2.11. The van der Waals surface area contributed by atoms with Crippen molar-refractivity contribution in [3.05, 3.63) is 53.6 Å². The summed E-state index contributed by atoms with van der Waals surface area (Å²) in [5, 5.41) is 0. The largest absolute Gasteiger partial charge is 0.380 e. The van der Waals surface area contributed by atoms with Crippen LogP contribution in [0.15, 0.2) is 36.4 Å². The zero-order valence-corrected chi connectivity index (χ0v) is 13.8. The van der Waals surface area contributed by atoms with Gasteiger partial charge in [-0.15, -0.1) is 0 Å². The van der Waals surface area contributed by atoms with E-state index in [1.54, 1.807) is 12.1 Å². The van der Waals surface area contributed by atoms with Gasteiger partial charge in [0, 0.05) is 13.2 Å².